The van der Waals surface area contributed by atoms with Gasteiger partial charge in [-0.25, -0.2) is 14.8 Å². The van der Waals surface area contributed by atoms with Gasteiger partial charge in [0.25, 0.3) is 0 Å². The van der Waals surface area contributed by atoms with Gasteiger partial charge >= 0.3 is 6.09 Å². The number of ether oxygens (including phenoxy) is 1. The van der Waals surface area contributed by atoms with E-state index in [2.05, 4.69) is 25.7 Å². The van der Waals surface area contributed by atoms with Gasteiger partial charge in [0.05, 0.1) is 17.6 Å². The number of carbonyl (C=O) groups excluding carboxylic acids is 1. The van der Waals surface area contributed by atoms with Crippen molar-refractivity contribution in [3.63, 3.8) is 0 Å². The monoisotopic (exact) mass is 394 g/mol. The van der Waals surface area contributed by atoms with E-state index in [1.165, 1.54) is 0 Å². The van der Waals surface area contributed by atoms with Gasteiger partial charge in [-0.1, -0.05) is 12.1 Å². The molecule has 2 N–H and O–H groups in total. The first-order valence-electron chi connectivity index (χ1n) is 9.35. The highest BCUT2D eigenvalue weighted by molar-refractivity contribution is 5.68. The maximum absolute atomic E-state index is 11.9. The molecule has 2 heterocycles. The summed E-state index contributed by atoms with van der Waals surface area (Å²) in [5, 5.41) is 10.1. The molecular weight excluding hydrogens is 368 g/mol. The number of hydrogen-bond donors (Lipinski definition) is 2. The number of amides is 1. The maximum Gasteiger partial charge on any atom is 0.407 e. The Labute approximate surface area is 170 Å². The Bertz CT molecular complexity index is 1010. The number of aryl methyl sites for hydroxylation is 2. The van der Waals surface area contributed by atoms with Crippen LogP contribution in [-0.4, -0.2) is 31.4 Å². The Hall–Kier alpha value is -3.42. The van der Waals surface area contributed by atoms with Crippen LogP contribution >= 0.6 is 0 Å². The third-order valence-electron chi connectivity index (χ3n) is 4.08. The van der Waals surface area contributed by atoms with Crippen molar-refractivity contribution in [1.82, 2.24) is 25.1 Å². The molecule has 0 fully saturated rings. The van der Waals surface area contributed by atoms with Crippen LogP contribution in [-0.2, 0) is 18.3 Å². The summed E-state index contributed by atoms with van der Waals surface area (Å²) in [6.45, 7) is 7.92. The van der Waals surface area contributed by atoms with Crippen LogP contribution in [0.15, 0.2) is 42.9 Å². The second-order valence-corrected chi connectivity index (χ2v) is 7.79. The van der Waals surface area contributed by atoms with Gasteiger partial charge in [0.2, 0.25) is 5.95 Å². The van der Waals surface area contributed by atoms with E-state index in [1.54, 1.807) is 17.1 Å². The number of benzene rings is 1. The first-order chi connectivity index (χ1) is 13.7. The smallest absolute Gasteiger partial charge is 0.407 e. The number of anilines is 2. The molecule has 1 amide bonds. The quantitative estimate of drug-likeness (QED) is 0.680. The summed E-state index contributed by atoms with van der Waals surface area (Å²) < 4.78 is 6.98. The summed E-state index contributed by atoms with van der Waals surface area (Å²) in [7, 11) is 1.85. The van der Waals surface area contributed by atoms with Crippen molar-refractivity contribution < 1.29 is 9.53 Å². The van der Waals surface area contributed by atoms with E-state index in [9.17, 15) is 4.79 Å². The second kappa shape index (κ2) is 8.30. The predicted octanol–water partition coefficient (Wildman–Crippen LogP) is 3.95. The molecule has 0 radical (unpaired) electrons. The first-order valence-corrected chi connectivity index (χ1v) is 9.35. The zero-order valence-electron chi connectivity index (χ0n) is 17.4. The van der Waals surface area contributed by atoms with Crippen LogP contribution in [0, 0.1) is 6.92 Å². The van der Waals surface area contributed by atoms with Gasteiger partial charge in [-0.15, -0.1) is 0 Å². The zero-order chi connectivity index (χ0) is 21.0. The summed E-state index contributed by atoms with van der Waals surface area (Å²) in [5.74, 6) is 0.504. The highest BCUT2D eigenvalue weighted by atomic mass is 16.6. The van der Waals surface area contributed by atoms with Crippen molar-refractivity contribution in [3.05, 3.63) is 54.0 Å². The highest BCUT2D eigenvalue weighted by Crippen LogP contribution is 2.22. The number of hydrogen-bond acceptors (Lipinski definition) is 6. The molecule has 0 saturated carbocycles. The van der Waals surface area contributed by atoms with Crippen molar-refractivity contribution in [2.75, 3.05) is 5.32 Å². The van der Waals surface area contributed by atoms with Crippen LogP contribution in [0.25, 0.3) is 11.3 Å². The molecule has 152 valence electrons. The fraction of sp³-hybridized carbons (Fsp3) is 0.333. The van der Waals surface area contributed by atoms with E-state index in [0.29, 0.717) is 12.5 Å². The Morgan fingerprint density at radius 1 is 1.24 bits per heavy atom. The summed E-state index contributed by atoms with van der Waals surface area (Å²) >= 11 is 0. The molecule has 8 heteroatoms. The standard InChI is InChI=1S/C21H26N6O2/c1-14-10-15(6-7-16(14)11-23-20(28)29-21(2,3)4)18-8-9-22-19(26-18)25-17-12-24-27(5)13-17/h6-10,12-13H,11H2,1-5H3,(H,23,28)(H,22,25,26). The third kappa shape index (κ3) is 5.78. The summed E-state index contributed by atoms with van der Waals surface area (Å²) in [5.41, 5.74) is 4.16. The largest absolute Gasteiger partial charge is 0.444 e. The lowest BCUT2D eigenvalue weighted by molar-refractivity contribution is 0.0523. The van der Waals surface area contributed by atoms with Gasteiger partial charge in [-0.3, -0.25) is 4.68 Å². The number of aromatic nitrogens is 4. The summed E-state index contributed by atoms with van der Waals surface area (Å²) in [6.07, 6.45) is 4.86. The van der Waals surface area contributed by atoms with Gasteiger partial charge < -0.3 is 15.4 Å². The Kier molecular flexibility index (Phi) is 5.81. The van der Waals surface area contributed by atoms with Gasteiger partial charge in [-0.2, -0.15) is 5.10 Å². The minimum absolute atomic E-state index is 0.401. The molecule has 29 heavy (non-hydrogen) atoms. The van der Waals surface area contributed by atoms with Gasteiger partial charge in [0.1, 0.15) is 5.60 Å². The van der Waals surface area contributed by atoms with Crippen LogP contribution in [0.5, 0.6) is 0 Å². The predicted molar refractivity (Wildman–Crippen MR) is 112 cm³/mol. The van der Waals surface area contributed by atoms with E-state index in [1.807, 2.05) is 65.2 Å². The minimum Gasteiger partial charge on any atom is -0.444 e. The highest BCUT2D eigenvalue weighted by Gasteiger charge is 2.16. The molecule has 8 nitrogen and oxygen atoms in total. The molecule has 3 aromatic rings. The Balaban J connectivity index is 1.69. The molecule has 0 bridgehead atoms. The molecular formula is C21H26N6O2. The van der Waals surface area contributed by atoms with Crippen molar-refractivity contribution in [2.45, 2.75) is 39.8 Å². The Morgan fingerprint density at radius 2 is 2.03 bits per heavy atom. The van der Waals surface area contributed by atoms with E-state index >= 15 is 0 Å². The first kappa shape index (κ1) is 20.3. The number of nitrogens with zero attached hydrogens (tertiary/aromatic N) is 4. The second-order valence-electron chi connectivity index (χ2n) is 7.79. The van der Waals surface area contributed by atoms with Gasteiger partial charge in [-0.05, 0) is 51.0 Å². The number of alkyl carbamates (subject to hydrolysis) is 1. The average molecular weight is 394 g/mol. The van der Waals surface area contributed by atoms with Gasteiger partial charge in [0, 0.05) is 31.5 Å². The van der Waals surface area contributed by atoms with Crippen molar-refractivity contribution in [3.8, 4) is 11.3 Å². The van der Waals surface area contributed by atoms with E-state index < -0.39 is 11.7 Å². The van der Waals surface area contributed by atoms with Crippen molar-refractivity contribution >= 4 is 17.7 Å². The molecule has 2 aromatic heterocycles. The Morgan fingerprint density at radius 3 is 2.69 bits per heavy atom. The van der Waals surface area contributed by atoms with E-state index in [-0.39, 0.29) is 0 Å². The molecule has 0 aliphatic rings. The lowest BCUT2D eigenvalue weighted by Gasteiger charge is -2.20. The summed E-state index contributed by atoms with van der Waals surface area (Å²) in [4.78, 5) is 20.7. The van der Waals surface area contributed by atoms with E-state index in [0.717, 1.165) is 28.1 Å². The topological polar surface area (TPSA) is 94.0 Å². The molecule has 0 atom stereocenters. The molecule has 1 aromatic carbocycles. The molecule has 0 spiro atoms. The maximum atomic E-state index is 11.9. The van der Waals surface area contributed by atoms with Crippen molar-refractivity contribution in [2.24, 2.45) is 7.05 Å². The number of rotatable bonds is 5. The molecule has 3 rings (SSSR count). The van der Waals surface area contributed by atoms with Crippen LogP contribution < -0.4 is 10.6 Å². The SMILES string of the molecule is Cc1cc(-c2ccnc(Nc3cnn(C)c3)n2)ccc1CNC(=O)OC(C)(C)C. The molecule has 0 saturated heterocycles. The average Bonchev–Trinajstić information content (AvgIpc) is 3.04. The number of carbonyl (C=O) groups is 1. The molecule has 0 aliphatic carbocycles. The normalized spacial score (nSPS) is 11.2. The fourth-order valence-corrected chi connectivity index (χ4v) is 2.73. The minimum atomic E-state index is -0.516. The summed E-state index contributed by atoms with van der Waals surface area (Å²) in [6, 6.07) is 7.87. The number of nitrogens with one attached hydrogen (secondary N) is 2. The van der Waals surface area contributed by atoms with Crippen molar-refractivity contribution in [1.29, 1.82) is 0 Å². The molecule has 0 aliphatic heterocycles. The molecule has 0 unspecified atom stereocenters. The van der Waals surface area contributed by atoms with Crippen LogP contribution in [0.4, 0.5) is 16.4 Å². The van der Waals surface area contributed by atoms with Crippen LogP contribution in [0.3, 0.4) is 0 Å². The van der Waals surface area contributed by atoms with E-state index in [4.69, 9.17) is 4.74 Å². The lowest BCUT2D eigenvalue weighted by atomic mass is 10.0. The van der Waals surface area contributed by atoms with Gasteiger partial charge in [0.15, 0.2) is 0 Å². The third-order valence-corrected chi connectivity index (χ3v) is 4.08. The van der Waals surface area contributed by atoms with Crippen LogP contribution in [0.2, 0.25) is 0 Å². The van der Waals surface area contributed by atoms with Crippen LogP contribution in [0.1, 0.15) is 31.9 Å². The fourth-order valence-electron chi connectivity index (χ4n) is 2.73. The lowest BCUT2D eigenvalue weighted by Crippen LogP contribution is -2.32. The zero-order valence-corrected chi connectivity index (χ0v) is 17.4.